The molecule has 126 valence electrons. The predicted octanol–water partition coefficient (Wildman–Crippen LogP) is 3.35. The van der Waals surface area contributed by atoms with E-state index in [-0.39, 0.29) is 12.0 Å². The summed E-state index contributed by atoms with van der Waals surface area (Å²) in [6.45, 7) is 4.85. The first-order valence-electron chi connectivity index (χ1n) is 8.94. The molecule has 5 heteroatoms. The maximum Gasteiger partial charge on any atom is 0.226 e. The molecule has 1 aromatic carbocycles. The van der Waals surface area contributed by atoms with Crippen molar-refractivity contribution >= 4 is 5.91 Å². The van der Waals surface area contributed by atoms with Gasteiger partial charge in [-0.15, -0.1) is 0 Å². The van der Waals surface area contributed by atoms with Gasteiger partial charge in [0.15, 0.2) is 5.82 Å². The molecule has 2 heterocycles. The number of piperidine rings is 1. The molecule has 1 saturated carbocycles. The summed E-state index contributed by atoms with van der Waals surface area (Å²) >= 11 is 0. The normalized spacial score (nSPS) is 21.1. The van der Waals surface area contributed by atoms with E-state index in [1.165, 1.54) is 5.56 Å². The number of hydrogen-bond acceptors (Lipinski definition) is 3. The summed E-state index contributed by atoms with van der Waals surface area (Å²) < 4.78 is 1.94. The average molecular weight is 324 g/mol. The van der Waals surface area contributed by atoms with Crippen LogP contribution in [-0.4, -0.2) is 32.1 Å². The Labute approximate surface area is 142 Å². The summed E-state index contributed by atoms with van der Waals surface area (Å²) in [4.78, 5) is 19.5. The van der Waals surface area contributed by atoms with Crippen LogP contribution in [0.2, 0.25) is 0 Å². The van der Waals surface area contributed by atoms with Crippen molar-refractivity contribution in [2.75, 3.05) is 6.54 Å². The van der Waals surface area contributed by atoms with E-state index in [4.69, 9.17) is 4.98 Å². The van der Waals surface area contributed by atoms with E-state index < -0.39 is 0 Å². The van der Waals surface area contributed by atoms with Gasteiger partial charge in [0.2, 0.25) is 5.91 Å². The van der Waals surface area contributed by atoms with Gasteiger partial charge in [0.05, 0.1) is 11.7 Å². The summed E-state index contributed by atoms with van der Waals surface area (Å²) in [5.41, 5.74) is 2.22. The van der Waals surface area contributed by atoms with Crippen LogP contribution in [0.1, 0.15) is 55.4 Å². The van der Waals surface area contributed by atoms with Gasteiger partial charge in [0.25, 0.3) is 0 Å². The minimum Gasteiger partial charge on any atom is -0.332 e. The largest absolute Gasteiger partial charge is 0.332 e. The number of carbonyl (C=O) groups excluding carboxylic acids is 1. The van der Waals surface area contributed by atoms with E-state index in [2.05, 4.69) is 35.1 Å². The average Bonchev–Trinajstić information content (AvgIpc) is 3.36. The van der Waals surface area contributed by atoms with E-state index in [1.807, 2.05) is 17.7 Å². The van der Waals surface area contributed by atoms with E-state index in [0.717, 1.165) is 56.0 Å². The van der Waals surface area contributed by atoms with Crippen LogP contribution in [0.4, 0.5) is 0 Å². The van der Waals surface area contributed by atoms with Crippen molar-refractivity contribution in [3.8, 4) is 5.69 Å². The van der Waals surface area contributed by atoms with Crippen LogP contribution in [0.25, 0.3) is 5.69 Å². The van der Waals surface area contributed by atoms with E-state index in [1.54, 1.807) is 0 Å². The molecule has 1 aliphatic carbocycles. The number of amides is 1. The number of aromatic nitrogens is 3. The summed E-state index contributed by atoms with van der Waals surface area (Å²) in [5, 5.41) is 4.62. The first kappa shape index (κ1) is 15.4. The highest BCUT2D eigenvalue weighted by Crippen LogP contribution is 2.37. The fourth-order valence-electron chi connectivity index (χ4n) is 3.63. The second-order valence-corrected chi connectivity index (χ2v) is 7.09. The lowest BCUT2D eigenvalue weighted by Gasteiger charge is -2.35. The highest BCUT2D eigenvalue weighted by molar-refractivity contribution is 5.81. The first-order chi connectivity index (χ1) is 11.6. The van der Waals surface area contributed by atoms with Gasteiger partial charge in [0.1, 0.15) is 5.82 Å². The van der Waals surface area contributed by atoms with Crippen LogP contribution in [0, 0.1) is 19.8 Å². The monoisotopic (exact) mass is 324 g/mol. The smallest absolute Gasteiger partial charge is 0.226 e. The van der Waals surface area contributed by atoms with Crippen molar-refractivity contribution in [2.24, 2.45) is 5.92 Å². The highest BCUT2D eigenvalue weighted by Gasteiger charge is 2.39. The second-order valence-electron chi connectivity index (χ2n) is 7.09. The number of hydrogen-bond donors (Lipinski definition) is 0. The van der Waals surface area contributed by atoms with Gasteiger partial charge >= 0.3 is 0 Å². The third kappa shape index (κ3) is 2.83. The van der Waals surface area contributed by atoms with Crippen LogP contribution in [0.15, 0.2) is 24.3 Å². The zero-order chi connectivity index (χ0) is 16.7. The Hall–Kier alpha value is -2.17. The second kappa shape index (κ2) is 6.04. The van der Waals surface area contributed by atoms with Crippen LogP contribution in [0.3, 0.4) is 0 Å². The molecule has 0 unspecified atom stereocenters. The zero-order valence-corrected chi connectivity index (χ0v) is 14.4. The Morgan fingerprint density at radius 1 is 1.17 bits per heavy atom. The number of likely N-dealkylation sites (tertiary alicyclic amines) is 1. The molecular weight excluding hydrogens is 300 g/mol. The molecule has 2 fully saturated rings. The first-order valence-corrected chi connectivity index (χ1v) is 8.94. The van der Waals surface area contributed by atoms with Crippen LogP contribution in [-0.2, 0) is 4.79 Å². The number of aryl methyl sites for hydroxylation is 2. The minimum atomic E-state index is 0.0496. The van der Waals surface area contributed by atoms with Crippen molar-refractivity contribution in [3.63, 3.8) is 0 Å². The molecule has 0 N–H and O–H groups in total. The van der Waals surface area contributed by atoms with Crippen LogP contribution >= 0.6 is 0 Å². The van der Waals surface area contributed by atoms with E-state index in [9.17, 15) is 4.79 Å². The topological polar surface area (TPSA) is 51.0 Å². The molecule has 5 nitrogen and oxygen atoms in total. The lowest BCUT2D eigenvalue weighted by molar-refractivity contribution is -0.136. The van der Waals surface area contributed by atoms with Crippen molar-refractivity contribution < 1.29 is 4.79 Å². The number of nitrogens with zero attached hydrogens (tertiary/aromatic N) is 4. The van der Waals surface area contributed by atoms with Crippen molar-refractivity contribution in [1.29, 1.82) is 0 Å². The SMILES string of the molecule is Cc1cccc(-n2nc(C)nc2[C@@H]2CCCCN2C(=O)C2CC2)c1. The lowest BCUT2D eigenvalue weighted by Crippen LogP contribution is -2.40. The van der Waals surface area contributed by atoms with Crippen molar-refractivity contribution in [2.45, 2.75) is 52.0 Å². The van der Waals surface area contributed by atoms with Gasteiger partial charge in [-0.2, -0.15) is 5.10 Å². The summed E-state index contributed by atoms with van der Waals surface area (Å²) in [6, 6.07) is 8.35. The van der Waals surface area contributed by atoms with Crippen LogP contribution < -0.4 is 0 Å². The molecule has 4 rings (SSSR count). The molecule has 2 aromatic rings. The third-order valence-electron chi connectivity index (χ3n) is 4.99. The molecule has 0 spiro atoms. The van der Waals surface area contributed by atoms with E-state index in [0.29, 0.717) is 5.91 Å². The van der Waals surface area contributed by atoms with Crippen LogP contribution in [0.5, 0.6) is 0 Å². The highest BCUT2D eigenvalue weighted by atomic mass is 16.2. The minimum absolute atomic E-state index is 0.0496. The standard InChI is InChI=1S/C19H24N4O/c1-13-6-5-7-16(12-13)23-18(20-14(2)21-23)17-8-3-4-11-22(17)19(24)15-9-10-15/h5-7,12,15,17H,3-4,8-11H2,1-2H3/t17-/m0/s1. The third-order valence-corrected chi connectivity index (χ3v) is 4.99. The Morgan fingerprint density at radius 2 is 2.00 bits per heavy atom. The maximum absolute atomic E-state index is 12.7. The Morgan fingerprint density at radius 3 is 2.75 bits per heavy atom. The molecular formula is C19H24N4O. The number of benzene rings is 1. The van der Waals surface area contributed by atoms with Crippen molar-refractivity contribution in [1.82, 2.24) is 19.7 Å². The molecule has 24 heavy (non-hydrogen) atoms. The number of carbonyl (C=O) groups is 1. The molecule has 1 aromatic heterocycles. The molecule has 1 amide bonds. The van der Waals surface area contributed by atoms with E-state index >= 15 is 0 Å². The molecule has 1 atom stereocenters. The molecule has 1 aliphatic heterocycles. The van der Waals surface area contributed by atoms with Gasteiger partial charge in [-0.25, -0.2) is 9.67 Å². The summed E-state index contributed by atoms with van der Waals surface area (Å²) in [6.07, 6.45) is 5.30. The van der Waals surface area contributed by atoms with Gasteiger partial charge in [0, 0.05) is 12.5 Å². The fraction of sp³-hybridized carbons (Fsp3) is 0.526. The molecule has 0 bridgehead atoms. The zero-order valence-electron chi connectivity index (χ0n) is 14.4. The van der Waals surface area contributed by atoms with Gasteiger partial charge in [-0.1, -0.05) is 12.1 Å². The Balaban J connectivity index is 1.73. The van der Waals surface area contributed by atoms with Gasteiger partial charge in [-0.05, 0) is 63.6 Å². The van der Waals surface area contributed by atoms with Gasteiger partial charge in [-0.3, -0.25) is 4.79 Å². The Bertz CT molecular complexity index is 762. The quantitative estimate of drug-likeness (QED) is 0.870. The maximum atomic E-state index is 12.7. The van der Waals surface area contributed by atoms with Gasteiger partial charge < -0.3 is 4.90 Å². The molecule has 0 radical (unpaired) electrons. The lowest BCUT2D eigenvalue weighted by atomic mass is 10.0. The summed E-state index contributed by atoms with van der Waals surface area (Å²) in [7, 11) is 0. The molecule has 1 saturated heterocycles. The number of rotatable bonds is 3. The van der Waals surface area contributed by atoms with Crippen molar-refractivity contribution in [3.05, 3.63) is 41.5 Å². The Kier molecular flexibility index (Phi) is 3.87. The predicted molar refractivity (Wildman–Crippen MR) is 91.9 cm³/mol. The molecule has 2 aliphatic rings. The fourth-order valence-corrected chi connectivity index (χ4v) is 3.63. The summed E-state index contributed by atoms with van der Waals surface area (Å²) in [5.74, 6) is 2.24.